The maximum Gasteiger partial charge on any atom is 0.262 e. The molecule has 1 aliphatic rings. The van der Waals surface area contributed by atoms with Crippen LogP contribution in [0.5, 0.6) is 5.75 Å². The van der Waals surface area contributed by atoms with Crippen LogP contribution in [0.25, 0.3) is 0 Å². The lowest BCUT2D eigenvalue weighted by molar-refractivity contribution is 0.135. The summed E-state index contributed by atoms with van der Waals surface area (Å²) in [5.41, 5.74) is 0. The van der Waals surface area contributed by atoms with Gasteiger partial charge in [-0.05, 0) is 43.7 Å². The molecule has 0 bridgehead atoms. The lowest BCUT2D eigenvalue weighted by Crippen LogP contribution is -2.23. The van der Waals surface area contributed by atoms with Crippen LogP contribution < -0.4 is 4.74 Å². The first-order valence-electron chi connectivity index (χ1n) is 6.38. The smallest absolute Gasteiger partial charge is 0.262 e. The van der Waals surface area contributed by atoms with E-state index in [4.69, 9.17) is 38.6 Å². The largest absolute Gasteiger partial charge is 0.489 e. The predicted octanol–water partition coefficient (Wildman–Crippen LogP) is 4.88. The second-order valence-electron chi connectivity index (χ2n) is 5.13. The van der Waals surface area contributed by atoms with Crippen LogP contribution in [0.3, 0.4) is 0 Å². The minimum atomic E-state index is -3.91. The van der Waals surface area contributed by atoms with Gasteiger partial charge in [-0.2, -0.15) is 0 Å². The van der Waals surface area contributed by atoms with Crippen molar-refractivity contribution in [3.8, 4) is 5.75 Å². The summed E-state index contributed by atoms with van der Waals surface area (Å²) in [5, 5.41) is -0.00430. The molecule has 1 fully saturated rings. The van der Waals surface area contributed by atoms with Crippen LogP contribution in [0.15, 0.2) is 17.0 Å². The summed E-state index contributed by atoms with van der Waals surface area (Å²) in [6, 6.07) is 2.82. The van der Waals surface area contributed by atoms with Crippen LogP contribution in [0.4, 0.5) is 0 Å². The van der Waals surface area contributed by atoms with Gasteiger partial charge in [0.05, 0.1) is 11.1 Å². The van der Waals surface area contributed by atoms with Gasteiger partial charge in [0.15, 0.2) is 0 Å². The number of benzene rings is 1. The Morgan fingerprint density at radius 1 is 1.10 bits per heavy atom. The maximum atomic E-state index is 11.3. The molecule has 20 heavy (non-hydrogen) atoms. The van der Waals surface area contributed by atoms with Crippen molar-refractivity contribution in [2.75, 3.05) is 0 Å². The molecular weight excluding hydrogens is 343 g/mol. The molecule has 0 saturated heterocycles. The average molecular weight is 358 g/mol. The predicted molar refractivity (Wildman–Crippen MR) is 81.5 cm³/mol. The number of hydrogen-bond donors (Lipinski definition) is 0. The Labute approximate surface area is 133 Å². The second kappa shape index (κ2) is 6.30. The van der Waals surface area contributed by atoms with E-state index in [-0.39, 0.29) is 21.0 Å². The Kier molecular flexibility index (Phi) is 5.11. The fraction of sp³-hybridized carbons (Fsp3) is 0.538. The molecule has 0 heterocycles. The number of ether oxygens (including phenoxy) is 1. The number of hydrogen-bond acceptors (Lipinski definition) is 3. The minimum absolute atomic E-state index is 0.0898. The highest BCUT2D eigenvalue weighted by Gasteiger charge is 2.23. The van der Waals surface area contributed by atoms with Crippen molar-refractivity contribution in [3.05, 3.63) is 22.2 Å². The molecular formula is C13H15Cl3O3S. The third-order valence-electron chi connectivity index (χ3n) is 3.53. The van der Waals surface area contributed by atoms with Crippen molar-refractivity contribution in [2.24, 2.45) is 5.92 Å². The van der Waals surface area contributed by atoms with Gasteiger partial charge >= 0.3 is 0 Å². The SMILES string of the molecule is CC1CCC(Oc2ccc(S(=O)(=O)Cl)c(Cl)c2Cl)CC1. The van der Waals surface area contributed by atoms with E-state index in [0.717, 1.165) is 31.6 Å². The molecule has 1 aliphatic carbocycles. The quantitative estimate of drug-likeness (QED) is 0.724. The highest BCUT2D eigenvalue weighted by molar-refractivity contribution is 8.13. The third-order valence-corrected chi connectivity index (χ3v) is 5.87. The summed E-state index contributed by atoms with van der Waals surface area (Å²) in [4.78, 5) is -0.199. The Balaban J connectivity index is 2.20. The Bertz CT molecular complexity index is 593. The normalized spacial score (nSPS) is 23.6. The van der Waals surface area contributed by atoms with Gasteiger partial charge in [0.2, 0.25) is 0 Å². The molecule has 0 radical (unpaired) electrons. The molecule has 1 aromatic carbocycles. The molecule has 3 nitrogen and oxygen atoms in total. The topological polar surface area (TPSA) is 43.4 Å². The van der Waals surface area contributed by atoms with Crippen LogP contribution in [0.1, 0.15) is 32.6 Å². The van der Waals surface area contributed by atoms with Gasteiger partial charge in [-0.15, -0.1) is 0 Å². The van der Waals surface area contributed by atoms with Crippen molar-refractivity contribution in [2.45, 2.75) is 43.6 Å². The van der Waals surface area contributed by atoms with Crippen LogP contribution in [0, 0.1) is 5.92 Å². The van der Waals surface area contributed by atoms with Crippen LogP contribution in [0.2, 0.25) is 10.0 Å². The maximum absolute atomic E-state index is 11.3. The van der Waals surface area contributed by atoms with E-state index in [2.05, 4.69) is 6.92 Å². The van der Waals surface area contributed by atoms with Gasteiger partial charge in [0.1, 0.15) is 15.7 Å². The zero-order valence-electron chi connectivity index (χ0n) is 10.9. The highest BCUT2D eigenvalue weighted by Crippen LogP contribution is 2.39. The van der Waals surface area contributed by atoms with Crippen LogP contribution >= 0.6 is 33.9 Å². The molecule has 0 unspecified atom stereocenters. The lowest BCUT2D eigenvalue weighted by Gasteiger charge is -2.27. The molecule has 0 aromatic heterocycles. The molecule has 1 aromatic rings. The van der Waals surface area contributed by atoms with Crippen LogP contribution in [-0.4, -0.2) is 14.5 Å². The van der Waals surface area contributed by atoms with Gasteiger partial charge in [-0.1, -0.05) is 30.1 Å². The minimum Gasteiger partial charge on any atom is -0.489 e. The fourth-order valence-corrected chi connectivity index (χ4v) is 4.10. The molecule has 1 saturated carbocycles. The number of halogens is 3. The number of rotatable bonds is 3. The molecule has 0 atom stereocenters. The first-order valence-corrected chi connectivity index (χ1v) is 9.45. The molecule has 0 amide bonds. The molecule has 7 heteroatoms. The van der Waals surface area contributed by atoms with Gasteiger partial charge in [-0.25, -0.2) is 8.42 Å². The van der Waals surface area contributed by atoms with Crippen molar-refractivity contribution in [1.29, 1.82) is 0 Å². The van der Waals surface area contributed by atoms with E-state index in [9.17, 15) is 8.42 Å². The molecule has 0 N–H and O–H groups in total. The van der Waals surface area contributed by atoms with Crippen molar-refractivity contribution in [1.82, 2.24) is 0 Å². The van der Waals surface area contributed by atoms with E-state index in [0.29, 0.717) is 5.75 Å². The molecule has 112 valence electrons. The van der Waals surface area contributed by atoms with E-state index in [1.54, 1.807) is 0 Å². The second-order valence-corrected chi connectivity index (χ2v) is 8.42. The summed E-state index contributed by atoms with van der Waals surface area (Å²) in [7, 11) is 1.37. The summed E-state index contributed by atoms with van der Waals surface area (Å²) in [5.74, 6) is 1.12. The van der Waals surface area contributed by atoms with Gasteiger partial charge in [-0.3, -0.25) is 0 Å². The summed E-state index contributed by atoms with van der Waals surface area (Å²) in [6.45, 7) is 2.22. The molecule has 0 aliphatic heterocycles. The Morgan fingerprint density at radius 2 is 1.70 bits per heavy atom. The Morgan fingerprint density at radius 3 is 2.25 bits per heavy atom. The van der Waals surface area contributed by atoms with Crippen LogP contribution in [-0.2, 0) is 9.05 Å². The van der Waals surface area contributed by atoms with Crippen molar-refractivity contribution < 1.29 is 13.2 Å². The van der Waals surface area contributed by atoms with Crippen molar-refractivity contribution >= 4 is 42.9 Å². The third kappa shape index (κ3) is 3.73. The zero-order chi connectivity index (χ0) is 14.9. The first-order chi connectivity index (χ1) is 9.29. The Hall–Kier alpha value is -0.160. The summed E-state index contributed by atoms with van der Waals surface area (Å²) >= 11 is 12.0. The highest BCUT2D eigenvalue weighted by atomic mass is 35.7. The van der Waals surface area contributed by atoms with E-state index in [1.807, 2.05) is 0 Å². The zero-order valence-corrected chi connectivity index (χ0v) is 14.0. The summed E-state index contributed by atoms with van der Waals surface area (Å²) < 4.78 is 28.5. The van der Waals surface area contributed by atoms with E-state index < -0.39 is 9.05 Å². The van der Waals surface area contributed by atoms with Crippen molar-refractivity contribution in [3.63, 3.8) is 0 Å². The standard InChI is InChI=1S/C13H15Cl3O3S/c1-8-2-4-9(5-3-8)19-10-6-7-11(20(16,17)18)13(15)12(10)14/h6-9H,2-5H2,1H3. The van der Waals surface area contributed by atoms with Gasteiger partial charge < -0.3 is 4.74 Å². The van der Waals surface area contributed by atoms with Gasteiger partial charge in [0, 0.05) is 10.7 Å². The molecule has 2 rings (SSSR count). The fourth-order valence-electron chi connectivity index (χ4n) is 2.32. The van der Waals surface area contributed by atoms with Gasteiger partial charge in [0.25, 0.3) is 9.05 Å². The van der Waals surface area contributed by atoms with E-state index in [1.165, 1.54) is 12.1 Å². The first kappa shape index (κ1) is 16.2. The molecule has 0 spiro atoms. The van der Waals surface area contributed by atoms with E-state index >= 15 is 0 Å². The average Bonchev–Trinajstić information content (AvgIpc) is 2.36. The summed E-state index contributed by atoms with van der Waals surface area (Å²) in [6.07, 6.45) is 4.25. The monoisotopic (exact) mass is 356 g/mol. The lowest BCUT2D eigenvalue weighted by atomic mass is 9.89.